The van der Waals surface area contributed by atoms with Gasteiger partial charge in [0.15, 0.2) is 0 Å². The van der Waals surface area contributed by atoms with Gasteiger partial charge < -0.3 is 21.5 Å². The molecule has 5 N–H and O–H groups in total. The third kappa shape index (κ3) is 4.68. The van der Waals surface area contributed by atoms with E-state index in [1.54, 1.807) is 0 Å². The first-order valence-corrected chi connectivity index (χ1v) is 8.38. The van der Waals surface area contributed by atoms with Crippen LogP contribution in [0.4, 0.5) is 18.9 Å². The van der Waals surface area contributed by atoms with Crippen LogP contribution < -0.4 is 21.5 Å². The zero-order valence-corrected chi connectivity index (χ0v) is 14.3. The summed E-state index contributed by atoms with van der Waals surface area (Å²) in [5.74, 6) is -0.646. The van der Waals surface area contributed by atoms with Crippen molar-refractivity contribution >= 4 is 11.6 Å². The molecule has 0 unspecified atom stereocenters. The molecule has 0 aliphatic heterocycles. The van der Waals surface area contributed by atoms with Crippen LogP contribution in [0.25, 0.3) is 0 Å². The number of ether oxygens (including phenoxy) is 1. The van der Waals surface area contributed by atoms with Gasteiger partial charge >= 0.3 is 6.36 Å². The van der Waals surface area contributed by atoms with Crippen molar-refractivity contribution in [3.8, 4) is 5.88 Å². The van der Waals surface area contributed by atoms with E-state index in [9.17, 15) is 18.0 Å². The van der Waals surface area contributed by atoms with Crippen molar-refractivity contribution in [1.82, 2.24) is 10.3 Å². The second-order valence-corrected chi connectivity index (χ2v) is 6.30. The number of nitrogen functional groups attached to an aromatic ring is 1. The molecule has 0 atom stereocenters. The number of halogens is 3. The number of pyridine rings is 1. The van der Waals surface area contributed by atoms with Gasteiger partial charge in [-0.05, 0) is 47.6 Å². The number of alkyl halides is 3. The van der Waals surface area contributed by atoms with E-state index >= 15 is 0 Å². The highest BCUT2D eigenvalue weighted by molar-refractivity contribution is 5.93. The third-order valence-electron chi connectivity index (χ3n) is 4.37. The predicted molar refractivity (Wildman–Crippen MR) is 92.8 cm³/mol. The first-order chi connectivity index (χ1) is 12.8. The van der Waals surface area contributed by atoms with Gasteiger partial charge in [0.2, 0.25) is 5.88 Å². The lowest BCUT2D eigenvalue weighted by atomic mass is 9.96. The Kier molecular flexibility index (Phi) is 5.22. The van der Waals surface area contributed by atoms with Gasteiger partial charge in [-0.2, -0.15) is 0 Å². The molecule has 1 aromatic heterocycles. The quantitative estimate of drug-likeness (QED) is 0.669. The Hall–Kier alpha value is -2.81. The number of benzene rings is 1. The normalized spacial score (nSPS) is 14.1. The maximum atomic E-state index is 12.3. The Bertz CT molecular complexity index is 834. The molecular formula is C18H19F3N4O2. The number of rotatable bonds is 6. The second-order valence-electron chi connectivity index (χ2n) is 6.30. The summed E-state index contributed by atoms with van der Waals surface area (Å²) in [7, 11) is 0. The summed E-state index contributed by atoms with van der Waals surface area (Å²) in [6, 6.07) is 5.99. The Morgan fingerprint density at radius 1 is 1.22 bits per heavy atom. The van der Waals surface area contributed by atoms with Crippen LogP contribution in [0.1, 0.15) is 45.8 Å². The number of carbonyl (C=O) groups excluding carboxylic acids is 1. The van der Waals surface area contributed by atoms with Gasteiger partial charge in [0.05, 0.1) is 5.56 Å². The Morgan fingerprint density at radius 3 is 2.52 bits per heavy atom. The number of hydrogen-bond acceptors (Lipinski definition) is 5. The third-order valence-corrected chi connectivity index (χ3v) is 4.37. The molecule has 1 amide bonds. The fourth-order valence-electron chi connectivity index (χ4n) is 2.92. The summed E-state index contributed by atoms with van der Waals surface area (Å²) in [5, 5.41) is 2.75. The number of hydrogen-bond donors (Lipinski definition) is 3. The van der Waals surface area contributed by atoms with Crippen molar-refractivity contribution in [2.75, 3.05) is 5.73 Å². The summed E-state index contributed by atoms with van der Waals surface area (Å²) < 4.78 is 40.2. The molecule has 27 heavy (non-hydrogen) atoms. The SMILES string of the molecule is NCc1c(N)ccc(C2CC2)c1CNC(=O)c1ccc(OC(F)(F)F)nc1. The first-order valence-electron chi connectivity index (χ1n) is 8.38. The highest BCUT2D eigenvalue weighted by atomic mass is 19.4. The van der Waals surface area contributed by atoms with Crippen molar-refractivity contribution in [1.29, 1.82) is 0 Å². The van der Waals surface area contributed by atoms with Gasteiger partial charge in [-0.3, -0.25) is 4.79 Å². The van der Waals surface area contributed by atoms with E-state index in [4.69, 9.17) is 11.5 Å². The van der Waals surface area contributed by atoms with Crippen molar-refractivity contribution in [3.63, 3.8) is 0 Å². The van der Waals surface area contributed by atoms with Crippen LogP contribution >= 0.6 is 0 Å². The number of nitrogens with two attached hydrogens (primary N) is 2. The van der Waals surface area contributed by atoms with E-state index in [0.717, 1.165) is 41.8 Å². The summed E-state index contributed by atoms with van der Waals surface area (Å²) >= 11 is 0. The number of anilines is 1. The zero-order valence-electron chi connectivity index (χ0n) is 14.3. The molecule has 6 nitrogen and oxygen atoms in total. The van der Waals surface area contributed by atoms with Crippen LogP contribution in [0.15, 0.2) is 30.5 Å². The van der Waals surface area contributed by atoms with E-state index in [-0.39, 0.29) is 18.7 Å². The number of aromatic nitrogens is 1. The lowest BCUT2D eigenvalue weighted by Crippen LogP contribution is -2.25. The minimum atomic E-state index is -4.83. The molecule has 1 heterocycles. The van der Waals surface area contributed by atoms with E-state index in [1.807, 2.05) is 12.1 Å². The summed E-state index contributed by atoms with van der Waals surface area (Å²) in [6.07, 6.45) is -1.64. The van der Waals surface area contributed by atoms with Crippen LogP contribution in [-0.2, 0) is 13.1 Å². The van der Waals surface area contributed by atoms with Crippen LogP contribution in [0.2, 0.25) is 0 Å². The molecule has 1 aliphatic carbocycles. The average Bonchev–Trinajstić information content (AvgIpc) is 3.44. The Labute approximate surface area is 153 Å². The van der Waals surface area contributed by atoms with Gasteiger partial charge in [0.25, 0.3) is 5.91 Å². The molecule has 9 heteroatoms. The van der Waals surface area contributed by atoms with Crippen LogP contribution in [-0.4, -0.2) is 17.3 Å². The lowest BCUT2D eigenvalue weighted by Gasteiger charge is -2.17. The van der Waals surface area contributed by atoms with Gasteiger partial charge in [0, 0.05) is 31.0 Å². The molecule has 1 saturated carbocycles. The number of amides is 1. The van der Waals surface area contributed by atoms with Crippen LogP contribution in [0.5, 0.6) is 5.88 Å². The maximum Gasteiger partial charge on any atom is 0.574 e. The largest absolute Gasteiger partial charge is 0.574 e. The molecule has 1 fully saturated rings. The minimum Gasteiger partial charge on any atom is -0.398 e. The number of carbonyl (C=O) groups is 1. The molecule has 0 radical (unpaired) electrons. The first kappa shape index (κ1) is 19.0. The van der Waals surface area contributed by atoms with Gasteiger partial charge in [-0.15, -0.1) is 13.2 Å². The van der Waals surface area contributed by atoms with Crippen molar-refractivity contribution in [3.05, 3.63) is 52.7 Å². The van der Waals surface area contributed by atoms with Gasteiger partial charge in [0.1, 0.15) is 0 Å². The molecule has 0 bridgehead atoms. The van der Waals surface area contributed by atoms with E-state index in [2.05, 4.69) is 15.0 Å². The van der Waals surface area contributed by atoms with E-state index < -0.39 is 18.1 Å². The zero-order chi connectivity index (χ0) is 19.6. The van der Waals surface area contributed by atoms with Gasteiger partial charge in [-0.1, -0.05) is 6.07 Å². The van der Waals surface area contributed by atoms with Crippen molar-refractivity contribution in [2.24, 2.45) is 5.73 Å². The average molecular weight is 380 g/mol. The highest BCUT2D eigenvalue weighted by Gasteiger charge is 2.32. The minimum absolute atomic E-state index is 0.121. The fraction of sp³-hybridized carbons (Fsp3) is 0.333. The maximum absolute atomic E-state index is 12.3. The molecule has 144 valence electrons. The molecule has 1 aliphatic rings. The summed E-state index contributed by atoms with van der Waals surface area (Å²) in [5.41, 5.74) is 15.3. The van der Waals surface area contributed by atoms with E-state index in [1.165, 1.54) is 6.07 Å². The molecule has 1 aromatic carbocycles. The Balaban J connectivity index is 1.72. The standard InChI is InChI=1S/C18H19F3N4O2/c19-18(20,21)27-16-6-3-11(8-24-16)17(26)25-9-14-12(10-1-2-10)4-5-15(23)13(14)7-22/h3-6,8,10H,1-2,7,9,22-23H2,(H,25,26). The topological polar surface area (TPSA) is 103 Å². The molecule has 0 saturated heterocycles. The van der Waals surface area contributed by atoms with E-state index in [0.29, 0.717) is 11.6 Å². The molecular weight excluding hydrogens is 361 g/mol. The summed E-state index contributed by atoms with van der Waals surface area (Å²) in [4.78, 5) is 15.8. The Morgan fingerprint density at radius 2 is 1.96 bits per heavy atom. The molecule has 3 rings (SSSR count). The highest BCUT2D eigenvalue weighted by Crippen LogP contribution is 2.43. The molecule has 2 aromatic rings. The van der Waals surface area contributed by atoms with Gasteiger partial charge in [-0.25, -0.2) is 4.98 Å². The molecule has 0 spiro atoms. The number of nitrogens with zero attached hydrogens (tertiary/aromatic N) is 1. The second kappa shape index (κ2) is 7.43. The van der Waals surface area contributed by atoms with Crippen molar-refractivity contribution < 1.29 is 22.7 Å². The lowest BCUT2D eigenvalue weighted by molar-refractivity contribution is -0.276. The summed E-state index contributed by atoms with van der Waals surface area (Å²) in [6.45, 7) is 0.478. The fourth-order valence-corrected chi connectivity index (χ4v) is 2.92. The smallest absolute Gasteiger partial charge is 0.398 e. The van der Waals surface area contributed by atoms with Crippen molar-refractivity contribution in [2.45, 2.75) is 38.2 Å². The predicted octanol–water partition coefficient (Wildman–Crippen LogP) is 2.83. The monoisotopic (exact) mass is 380 g/mol. The van der Waals surface area contributed by atoms with Crippen LogP contribution in [0, 0.1) is 0 Å². The number of nitrogens with one attached hydrogen (secondary N) is 1. The van der Waals surface area contributed by atoms with Crippen LogP contribution in [0.3, 0.4) is 0 Å².